The highest BCUT2D eigenvalue weighted by Crippen LogP contribution is 2.47. The first kappa shape index (κ1) is 39.7. The summed E-state index contributed by atoms with van der Waals surface area (Å²) in [5.41, 5.74) is 0. The Morgan fingerprint density at radius 2 is 1.33 bits per heavy atom. The van der Waals surface area contributed by atoms with Crippen LogP contribution in [0.1, 0.15) is 92.9 Å². The Kier molecular flexibility index (Phi) is 17.7. The van der Waals surface area contributed by atoms with Gasteiger partial charge in [0.05, 0.1) is 43.6 Å². The fraction of sp³-hybridized carbons (Fsp3) is 0.903. The van der Waals surface area contributed by atoms with Crippen LogP contribution in [0, 0.1) is 0 Å². The lowest BCUT2D eigenvalue weighted by Gasteiger charge is -2.25. The van der Waals surface area contributed by atoms with Crippen LogP contribution in [-0.4, -0.2) is 121 Å². The van der Waals surface area contributed by atoms with Crippen LogP contribution in [0.15, 0.2) is 0 Å². The van der Waals surface area contributed by atoms with Gasteiger partial charge in [0.2, 0.25) is 11.8 Å². The molecule has 0 radical (unpaired) electrons. The number of rotatable bonds is 22. The minimum absolute atomic E-state index is 0.0345. The van der Waals surface area contributed by atoms with Gasteiger partial charge in [0, 0.05) is 58.0 Å². The van der Waals surface area contributed by atoms with Crippen molar-refractivity contribution in [3.63, 3.8) is 0 Å². The van der Waals surface area contributed by atoms with Crippen LogP contribution in [0.2, 0.25) is 0 Å². The number of ketones is 1. The van der Waals surface area contributed by atoms with E-state index in [0.717, 1.165) is 19.5 Å². The lowest BCUT2D eigenvalue weighted by Crippen LogP contribution is -2.39. The summed E-state index contributed by atoms with van der Waals surface area (Å²) in [6.45, 7) is 14.0. The van der Waals surface area contributed by atoms with Gasteiger partial charge >= 0.3 is 7.82 Å². The number of Topliss-reactive ketones (excluding diaryl/α,β-unsaturated/α-hetero) is 1. The van der Waals surface area contributed by atoms with Gasteiger partial charge in [-0.25, -0.2) is 4.57 Å². The summed E-state index contributed by atoms with van der Waals surface area (Å²) in [6.07, 6.45) is 2.16. The number of likely N-dealkylation sites (tertiary alicyclic amines) is 2. The van der Waals surface area contributed by atoms with Crippen LogP contribution in [0.3, 0.4) is 0 Å². The molecule has 0 bridgehead atoms. The zero-order chi connectivity index (χ0) is 33.6. The van der Waals surface area contributed by atoms with Crippen molar-refractivity contribution in [2.75, 3.05) is 46.5 Å². The van der Waals surface area contributed by atoms with Crippen molar-refractivity contribution in [1.82, 2.24) is 20.4 Å². The summed E-state index contributed by atoms with van der Waals surface area (Å²) < 4.78 is 35.3. The van der Waals surface area contributed by atoms with Gasteiger partial charge in [0.15, 0.2) is 0 Å². The normalized spacial score (nSPS) is 23.4. The van der Waals surface area contributed by atoms with E-state index in [1.165, 1.54) is 0 Å². The third kappa shape index (κ3) is 15.3. The summed E-state index contributed by atoms with van der Waals surface area (Å²) in [4.78, 5) is 52.4. The average molecular weight is 663 g/mol. The first-order chi connectivity index (χ1) is 21.2. The highest BCUT2D eigenvalue weighted by Gasteiger charge is 2.41. The summed E-state index contributed by atoms with van der Waals surface area (Å²) in [5, 5.41) is 6.57. The quantitative estimate of drug-likeness (QED) is 0.116. The van der Waals surface area contributed by atoms with E-state index in [-0.39, 0.29) is 61.8 Å². The second kappa shape index (κ2) is 20.0. The molecule has 45 heavy (non-hydrogen) atoms. The molecule has 262 valence electrons. The highest BCUT2D eigenvalue weighted by molar-refractivity contribution is 7.47. The van der Waals surface area contributed by atoms with E-state index in [0.29, 0.717) is 57.3 Å². The topological polar surface area (TPSA) is 156 Å². The molecule has 0 aliphatic carbocycles. The number of carbonyl (C=O) groups is 3. The third-order valence-corrected chi connectivity index (χ3v) is 8.89. The van der Waals surface area contributed by atoms with Crippen LogP contribution >= 0.6 is 7.82 Å². The number of phosphoric acid groups is 1. The second-order valence-electron chi connectivity index (χ2n) is 13.1. The molecule has 13 nitrogen and oxygen atoms in total. The molecule has 2 rings (SSSR count). The van der Waals surface area contributed by atoms with E-state index < -0.39 is 20.0 Å². The molecule has 0 spiro atoms. The molecule has 0 aromatic rings. The summed E-state index contributed by atoms with van der Waals surface area (Å²) in [5.74, 6) is -0.228. The number of hydrogen-bond donors (Lipinski definition) is 3. The fourth-order valence-corrected chi connectivity index (χ4v) is 6.74. The second-order valence-corrected chi connectivity index (χ2v) is 14.5. The minimum Gasteiger partial charge on any atom is -0.383 e. The number of amides is 2. The first-order valence-electron chi connectivity index (χ1n) is 16.6. The maximum Gasteiger partial charge on any atom is 0.472 e. The van der Waals surface area contributed by atoms with Crippen LogP contribution in [-0.2, 0) is 37.5 Å². The smallest absolute Gasteiger partial charge is 0.383 e. The lowest BCUT2D eigenvalue weighted by molar-refractivity contribution is -0.135. The third-order valence-electron chi connectivity index (χ3n) is 7.85. The molecule has 2 aliphatic heterocycles. The molecule has 0 aromatic heterocycles. The van der Waals surface area contributed by atoms with Gasteiger partial charge in [0.1, 0.15) is 5.78 Å². The Bertz CT molecular complexity index is 967. The minimum atomic E-state index is -4.52. The van der Waals surface area contributed by atoms with Gasteiger partial charge in [0.25, 0.3) is 0 Å². The van der Waals surface area contributed by atoms with E-state index in [2.05, 4.69) is 10.6 Å². The molecule has 1 unspecified atom stereocenters. The maximum absolute atomic E-state index is 13.2. The molecule has 14 heteroatoms. The van der Waals surface area contributed by atoms with Gasteiger partial charge in [-0.3, -0.25) is 23.4 Å². The van der Waals surface area contributed by atoms with Crippen molar-refractivity contribution in [3.8, 4) is 0 Å². The van der Waals surface area contributed by atoms with E-state index in [4.69, 9.17) is 18.5 Å². The van der Waals surface area contributed by atoms with Crippen LogP contribution in [0.25, 0.3) is 0 Å². The van der Waals surface area contributed by atoms with Gasteiger partial charge in [-0.1, -0.05) is 27.7 Å². The Hall–Kier alpha value is -1.44. The standard InChI is InChI=1S/C31H59N4O9P/c1-22(2)32-14-8-10-27(36)12-13-31(38)34-18-28(43-24(5)6)16-26(34)21-42-45(39,40)44-29-17-25(20-41-7)35(19-29)30(37)11-9-15-33-23(3)4/h22-26,28-29,32-33H,8-21H2,1-7H3,(H,39,40)/t25-,26-,28+,29+/m0/s1. The van der Waals surface area contributed by atoms with Crippen LogP contribution < -0.4 is 10.6 Å². The molecular formula is C31H59N4O9P. The average Bonchev–Trinajstić information content (AvgIpc) is 3.53. The molecule has 0 saturated carbocycles. The zero-order valence-electron chi connectivity index (χ0n) is 28.5. The van der Waals surface area contributed by atoms with Crippen molar-refractivity contribution in [2.45, 2.75) is 135 Å². The molecule has 2 aliphatic rings. The van der Waals surface area contributed by atoms with Crippen molar-refractivity contribution < 1.29 is 42.4 Å². The molecule has 2 amide bonds. The Morgan fingerprint density at radius 1 is 0.800 bits per heavy atom. The van der Waals surface area contributed by atoms with Crippen LogP contribution in [0.5, 0.6) is 0 Å². The molecule has 0 aromatic carbocycles. The number of ether oxygens (including phenoxy) is 2. The molecule has 2 fully saturated rings. The fourth-order valence-electron chi connectivity index (χ4n) is 5.79. The van der Waals surface area contributed by atoms with E-state index in [1.807, 2.05) is 41.5 Å². The van der Waals surface area contributed by atoms with Gasteiger partial charge < -0.3 is 34.8 Å². The van der Waals surface area contributed by atoms with Crippen molar-refractivity contribution in [1.29, 1.82) is 0 Å². The maximum atomic E-state index is 13.2. The van der Waals surface area contributed by atoms with Gasteiger partial charge in [-0.2, -0.15) is 0 Å². The van der Waals surface area contributed by atoms with E-state index in [1.54, 1.807) is 16.9 Å². The number of hydrogen-bond acceptors (Lipinski definition) is 10. The summed E-state index contributed by atoms with van der Waals surface area (Å²) in [6, 6.07) is -0.0767. The SMILES string of the molecule is COC[C@@H]1C[C@@H](OP(=O)(O)OC[C@@H]2C[C@@H](OC(C)C)CN2C(=O)CCC(=O)CCCNC(C)C)CN1C(=O)CCCNC(C)C. The largest absolute Gasteiger partial charge is 0.472 e. The lowest BCUT2D eigenvalue weighted by atomic mass is 10.1. The monoisotopic (exact) mass is 662 g/mol. The Labute approximate surface area is 270 Å². The summed E-state index contributed by atoms with van der Waals surface area (Å²) in [7, 11) is -2.97. The van der Waals surface area contributed by atoms with E-state index >= 15 is 0 Å². The molecule has 3 N–H and O–H groups in total. The highest BCUT2D eigenvalue weighted by atomic mass is 31.2. The van der Waals surface area contributed by atoms with Gasteiger partial charge in [-0.05, 0) is 52.6 Å². The summed E-state index contributed by atoms with van der Waals surface area (Å²) >= 11 is 0. The molecule has 5 atom stereocenters. The molecular weight excluding hydrogens is 603 g/mol. The van der Waals surface area contributed by atoms with Gasteiger partial charge in [-0.15, -0.1) is 0 Å². The van der Waals surface area contributed by atoms with Crippen molar-refractivity contribution in [3.05, 3.63) is 0 Å². The molecule has 2 heterocycles. The number of nitrogens with zero attached hydrogens (tertiary/aromatic N) is 2. The Morgan fingerprint density at radius 3 is 1.91 bits per heavy atom. The number of carbonyl (C=O) groups excluding carboxylic acids is 3. The van der Waals surface area contributed by atoms with Crippen molar-refractivity contribution in [2.24, 2.45) is 0 Å². The predicted molar refractivity (Wildman–Crippen MR) is 172 cm³/mol. The van der Waals surface area contributed by atoms with E-state index in [9.17, 15) is 23.8 Å². The van der Waals surface area contributed by atoms with Crippen molar-refractivity contribution >= 4 is 25.4 Å². The number of phosphoric ester groups is 1. The number of nitrogens with one attached hydrogen (secondary N) is 2. The number of methoxy groups -OCH3 is 1. The first-order valence-corrected chi connectivity index (χ1v) is 18.1. The Balaban J connectivity index is 1.92. The zero-order valence-corrected chi connectivity index (χ0v) is 29.4. The predicted octanol–water partition coefficient (Wildman–Crippen LogP) is 3.04. The molecule has 2 saturated heterocycles. The van der Waals surface area contributed by atoms with Crippen LogP contribution in [0.4, 0.5) is 0 Å².